The number of para-hydroxylation sites is 1. The fourth-order valence-electron chi connectivity index (χ4n) is 2.66. The van der Waals surface area contributed by atoms with Gasteiger partial charge >= 0.3 is 6.03 Å². The van der Waals surface area contributed by atoms with E-state index >= 15 is 0 Å². The molecule has 0 saturated carbocycles. The number of likely N-dealkylation sites (tertiary alicyclic amines) is 1. The average Bonchev–Trinajstić information content (AvgIpc) is 2.60. The van der Waals surface area contributed by atoms with Crippen LogP contribution >= 0.6 is 11.6 Å². The predicted octanol–water partition coefficient (Wildman–Crippen LogP) is 4.09. The molecule has 1 aliphatic heterocycles. The van der Waals surface area contributed by atoms with Crippen molar-refractivity contribution in [1.82, 2.24) is 9.88 Å². The van der Waals surface area contributed by atoms with Crippen molar-refractivity contribution < 1.29 is 18.3 Å². The first-order valence-electron chi connectivity index (χ1n) is 7.80. The highest BCUT2D eigenvalue weighted by Gasteiger charge is 2.26. The van der Waals surface area contributed by atoms with E-state index in [1.165, 1.54) is 17.2 Å². The third kappa shape index (κ3) is 4.17. The van der Waals surface area contributed by atoms with Crippen molar-refractivity contribution in [3.05, 3.63) is 53.3 Å². The molecule has 1 aromatic carbocycles. The van der Waals surface area contributed by atoms with Gasteiger partial charge in [0.1, 0.15) is 34.2 Å². The molecule has 25 heavy (non-hydrogen) atoms. The van der Waals surface area contributed by atoms with E-state index in [1.807, 2.05) is 0 Å². The highest BCUT2D eigenvalue weighted by atomic mass is 35.5. The molecular weight excluding hydrogens is 352 g/mol. The van der Waals surface area contributed by atoms with Crippen LogP contribution in [0.25, 0.3) is 0 Å². The Bertz CT molecular complexity index is 755. The number of nitrogens with one attached hydrogen (secondary N) is 1. The van der Waals surface area contributed by atoms with Gasteiger partial charge in [0.25, 0.3) is 0 Å². The maximum absolute atomic E-state index is 13.7. The molecule has 132 valence electrons. The molecule has 1 atom stereocenters. The quantitative estimate of drug-likeness (QED) is 0.889. The molecule has 3 rings (SSSR count). The summed E-state index contributed by atoms with van der Waals surface area (Å²) in [6.45, 7) is 0.770. The van der Waals surface area contributed by atoms with Gasteiger partial charge in [-0.15, -0.1) is 0 Å². The Hall–Kier alpha value is -2.41. The number of hydrogen-bond acceptors (Lipinski definition) is 3. The fraction of sp³-hybridized carbons (Fsp3) is 0.294. The monoisotopic (exact) mass is 367 g/mol. The van der Waals surface area contributed by atoms with Gasteiger partial charge in [0.05, 0.1) is 6.54 Å². The molecule has 0 spiro atoms. The van der Waals surface area contributed by atoms with Crippen LogP contribution in [0.1, 0.15) is 12.8 Å². The normalized spacial score (nSPS) is 17.2. The Balaban J connectivity index is 1.65. The van der Waals surface area contributed by atoms with Gasteiger partial charge in [0.15, 0.2) is 0 Å². The molecule has 8 heteroatoms. The minimum Gasteiger partial charge on any atom is -0.487 e. The summed E-state index contributed by atoms with van der Waals surface area (Å²) in [5.41, 5.74) is -0.451. The first kappa shape index (κ1) is 17.4. The van der Waals surface area contributed by atoms with Gasteiger partial charge in [0.2, 0.25) is 0 Å². The van der Waals surface area contributed by atoms with E-state index in [2.05, 4.69) is 10.3 Å². The molecule has 1 aliphatic rings. The van der Waals surface area contributed by atoms with Crippen LogP contribution in [0, 0.1) is 11.6 Å². The van der Waals surface area contributed by atoms with E-state index < -0.39 is 23.4 Å². The number of hydrogen-bond donors (Lipinski definition) is 1. The van der Waals surface area contributed by atoms with Crippen LogP contribution in [0.2, 0.25) is 5.02 Å². The highest BCUT2D eigenvalue weighted by Crippen LogP contribution is 2.26. The minimum absolute atomic E-state index is 0.259. The lowest BCUT2D eigenvalue weighted by Gasteiger charge is -2.33. The van der Waals surface area contributed by atoms with Crippen LogP contribution in [0.3, 0.4) is 0 Å². The number of urea groups is 1. The molecule has 1 saturated heterocycles. The van der Waals surface area contributed by atoms with Gasteiger partial charge in [-0.05, 0) is 25.0 Å². The first-order valence-corrected chi connectivity index (χ1v) is 8.18. The molecule has 0 bridgehead atoms. The molecule has 0 radical (unpaired) electrons. The van der Waals surface area contributed by atoms with Gasteiger partial charge < -0.3 is 15.0 Å². The zero-order valence-electron chi connectivity index (χ0n) is 13.2. The smallest absolute Gasteiger partial charge is 0.322 e. The lowest BCUT2D eigenvalue weighted by molar-refractivity contribution is 0.106. The van der Waals surface area contributed by atoms with Crippen molar-refractivity contribution in [2.45, 2.75) is 18.9 Å². The summed E-state index contributed by atoms with van der Waals surface area (Å²) in [7, 11) is 0. The number of rotatable bonds is 3. The van der Waals surface area contributed by atoms with Crippen LogP contribution in [-0.4, -0.2) is 35.1 Å². The first-order chi connectivity index (χ1) is 12.0. The number of pyridine rings is 1. The van der Waals surface area contributed by atoms with E-state index in [1.54, 1.807) is 12.3 Å². The summed E-state index contributed by atoms with van der Waals surface area (Å²) in [6, 6.07) is 4.50. The number of amides is 2. The molecule has 2 amide bonds. The summed E-state index contributed by atoms with van der Waals surface area (Å²) < 4.78 is 33.2. The lowest BCUT2D eigenvalue weighted by atomic mass is 10.1. The van der Waals surface area contributed by atoms with E-state index in [4.69, 9.17) is 16.3 Å². The number of aromatic nitrogens is 1. The van der Waals surface area contributed by atoms with Crippen molar-refractivity contribution in [3.63, 3.8) is 0 Å². The SMILES string of the molecule is O=C(Nc1c(F)cccc1F)N1CCC[C@@H](Oc2ccncc2Cl)C1. The van der Waals surface area contributed by atoms with E-state index in [0.717, 1.165) is 18.6 Å². The standard InChI is InChI=1S/C17H16ClF2N3O2/c18-12-9-21-7-6-15(12)25-11-3-2-8-23(10-11)17(24)22-16-13(19)4-1-5-14(16)20/h1,4-7,9,11H,2-3,8,10H2,(H,22,24)/t11-/m1/s1. The second kappa shape index (κ2) is 7.65. The van der Waals surface area contributed by atoms with E-state index in [-0.39, 0.29) is 6.10 Å². The number of anilines is 1. The summed E-state index contributed by atoms with van der Waals surface area (Å²) in [5, 5.41) is 2.68. The Morgan fingerprint density at radius 2 is 2.08 bits per heavy atom. The zero-order valence-corrected chi connectivity index (χ0v) is 14.0. The Labute approximate surface area is 148 Å². The van der Waals surface area contributed by atoms with Crippen molar-refractivity contribution >= 4 is 23.3 Å². The number of carbonyl (C=O) groups excluding carboxylic acids is 1. The number of halogens is 3. The topological polar surface area (TPSA) is 54.5 Å². The third-order valence-electron chi connectivity index (χ3n) is 3.89. The molecule has 2 heterocycles. The van der Waals surface area contributed by atoms with Crippen LogP contribution in [0.4, 0.5) is 19.3 Å². The second-order valence-electron chi connectivity index (χ2n) is 5.66. The molecule has 0 unspecified atom stereocenters. The summed E-state index contributed by atoms with van der Waals surface area (Å²) >= 11 is 6.02. The Kier molecular flexibility index (Phi) is 5.33. The summed E-state index contributed by atoms with van der Waals surface area (Å²) in [4.78, 5) is 17.7. The highest BCUT2D eigenvalue weighted by molar-refractivity contribution is 6.31. The number of carbonyl (C=O) groups is 1. The van der Waals surface area contributed by atoms with Crippen molar-refractivity contribution in [1.29, 1.82) is 0 Å². The van der Waals surface area contributed by atoms with E-state index in [0.29, 0.717) is 30.3 Å². The maximum Gasteiger partial charge on any atom is 0.322 e. The maximum atomic E-state index is 13.7. The third-order valence-corrected chi connectivity index (χ3v) is 4.17. The van der Waals surface area contributed by atoms with Gasteiger partial charge in [-0.1, -0.05) is 17.7 Å². The Morgan fingerprint density at radius 3 is 2.80 bits per heavy atom. The number of ether oxygens (including phenoxy) is 1. The second-order valence-corrected chi connectivity index (χ2v) is 6.07. The Morgan fingerprint density at radius 1 is 1.32 bits per heavy atom. The van der Waals surface area contributed by atoms with Gasteiger partial charge in [-0.3, -0.25) is 4.98 Å². The van der Waals surface area contributed by atoms with Crippen LogP contribution in [0.5, 0.6) is 5.75 Å². The summed E-state index contributed by atoms with van der Waals surface area (Å²) in [5.74, 6) is -1.15. The molecule has 1 aromatic heterocycles. The number of nitrogens with zero attached hydrogens (tertiary/aromatic N) is 2. The fourth-order valence-corrected chi connectivity index (χ4v) is 2.82. The molecule has 0 aliphatic carbocycles. The number of piperidine rings is 1. The molecule has 1 N–H and O–H groups in total. The zero-order chi connectivity index (χ0) is 17.8. The van der Waals surface area contributed by atoms with Gasteiger partial charge in [-0.2, -0.15) is 0 Å². The van der Waals surface area contributed by atoms with Crippen molar-refractivity contribution in [2.75, 3.05) is 18.4 Å². The summed E-state index contributed by atoms with van der Waals surface area (Å²) in [6.07, 6.45) is 4.24. The van der Waals surface area contributed by atoms with Crippen molar-refractivity contribution in [2.24, 2.45) is 0 Å². The van der Waals surface area contributed by atoms with Crippen LogP contribution in [0.15, 0.2) is 36.7 Å². The minimum atomic E-state index is -0.818. The van der Waals surface area contributed by atoms with Crippen molar-refractivity contribution in [3.8, 4) is 5.75 Å². The van der Waals surface area contributed by atoms with E-state index in [9.17, 15) is 13.6 Å². The largest absolute Gasteiger partial charge is 0.487 e. The number of benzene rings is 1. The molecule has 5 nitrogen and oxygen atoms in total. The lowest BCUT2D eigenvalue weighted by Crippen LogP contribution is -2.46. The molecular formula is C17H16ClF2N3O2. The van der Waals surface area contributed by atoms with Crippen LogP contribution in [-0.2, 0) is 0 Å². The van der Waals surface area contributed by atoms with Crippen LogP contribution < -0.4 is 10.1 Å². The van der Waals surface area contributed by atoms with Gasteiger partial charge in [-0.25, -0.2) is 13.6 Å². The molecule has 2 aromatic rings. The predicted molar refractivity (Wildman–Crippen MR) is 89.8 cm³/mol. The average molecular weight is 368 g/mol. The van der Waals surface area contributed by atoms with Gasteiger partial charge in [0, 0.05) is 25.0 Å². The molecule has 1 fully saturated rings.